The highest BCUT2D eigenvalue weighted by Crippen LogP contribution is 2.20. The Morgan fingerprint density at radius 3 is 2.06 bits per heavy atom. The summed E-state index contributed by atoms with van der Waals surface area (Å²) < 4.78 is 22.6. The van der Waals surface area contributed by atoms with Gasteiger partial charge in [-0.15, -0.1) is 0 Å². The normalized spacial score (nSPS) is 12.8. The SMILES string of the molecule is CCOC(=O)CO[C@@H](C(=O)OC(C)(C)C)[C@@H](OCCCCCc1ccc(C)c(C)c1)C(=O)N(C)CCCCCc1ccc2ccccc2c1. The second-order valence-electron chi connectivity index (χ2n) is 13.8. The zero-order valence-electron chi connectivity index (χ0n) is 30.7. The fourth-order valence-electron chi connectivity index (χ4n) is 5.64. The van der Waals surface area contributed by atoms with Crippen LogP contribution in [0.1, 0.15) is 88.5 Å². The van der Waals surface area contributed by atoms with E-state index in [1.165, 1.54) is 33.0 Å². The second kappa shape index (κ2) is 20.1. The number of benzene rings is 3. The molecule has 8 nitrogen and oxygen atoms in total. The number of fused-ring (bicyclic) bond motifs is 1. The van der Waals surface area contributed by atoms with Crippen molar-refractivity contribution < 1.29 is 33.3 Å². The summed E-state index contributed by atoms with van der Waals surface area (Å²) in [6.07, 6.45) is 4.50. The fraction of sp³-hybridized carbons (Fsp3) is 0.537. The summed E-state index contributed by atoms with van der Waals surface area (Å²) in [7, 11) is 1.71. The predicted molar refractivity (Wildman–Crippen MR) is 195 cm³/mol. The number of hydrogen-bond acceptors (Lipinski definition) is 7. The van der Waals surface area contributed by atoms with Crippen molar-refractivity contribution in [2.45, 2.75) is 111 Å². The van der Waals surface area contributed by atoms with Crippen LogP contribution in [0.3, 0.4) is 0 Å². The molecule has 0 saturated heterocycles. The summed E-state index contributed by atoms with van der Waals surface area (Å²) in [6.45, 7) is 11.6. The van der Waals surface area contributed by atoms with Crippen LogP contribution in [-0.2, 0) is 46.2 Å². The monoisotopic (exact) mass is 675 g/mol. The van der Waals surface area contributed by atoms with Gasteiger partial charge in [0.2, 0.25) is 0 Å². The van der Waals surface area contributed by atoms with Gasteiger partial charge in [0.25, 0.3) is 5.91 Å². The molecule has 0 fully saturated rings. The van der Waals surface area contributed by atoms with Crippen molar-refractivity contribution in [1.82, 2.24) is 4.90 Å². The molecule has 0 spiro atoms. The molecule has 3 aromatic carbocycles. The van der Waals surface area contributed by atoms with Crippen molar-refractivity contribution in [3.63, 3.8) is 0 Å². The van der Waals surface area contributed by atoms with Gasteiger partial charge >= 0.3 is 11.9 Å². The summed E-state index contributed by atoms with van der Waals surface area (Å²) in [5.74, 6) is -1.77. The number of esters is 2. The van der Waals surface area contributed by atoms with E-state index in [2.05, 4.69) is 68.4 Å². The zero-order valence-corrected chi connectivity index (χ0v) is 30.7. The first-order chi connectivity index (χ1) is 23.4. The van der Waals surface area contributed by atoms with E-state index < -0.39 is 36.4 Å². The van der Waals surface area contributed by atoms with Gasteiger partial charge in [0, 0.05) is 20.2 Å². The number of hydrogen-bond donors (Lipinski definition) is 0. The van der Waals surface area contributed by atoms with E-state index in [4.69, 9.17) is 18.9 Å². The van der Waals surface area contributed by atoms with Crippen molar-refractivity contribution in [2.75, 3.05) is 33.4 Å². The molecule has 0 radical (unpaired) electrons. The Morgan fingerprint density at radius 1 is 0.735 bits per heavy atom. The summed E-state index contributed by atoms with van der Waals surface area (Å²) in [6, 6.07) is 21.5. The smallest absolute Gasteiger partial charge is 0.339 e. The molecule has 268 valence electrons. The third-order valence-electron chi connectivity index (χ3n) is 8.47. The molecule has 0 aliphatic heterocycles. The van der Waals surface area contributed by atoms with E-state index in [1.807, 2.05) is 6.07 Å². The van der Waals surface area contributed by atoms with Gasteiger partial charge in [0.05, 0.1) is 6.61 Å². The molecule has 0 N–H and O–H groups in total. The maximum atomic E-state index is 13.9. The molecule has 0 bridgehead atoms. The number of aryl methyl sites for hydroxylation is 4. The minimum atomic E-state index is -1.43. The molecule has 3 aromatic rings. The van der Waals surface area contributed by atoms with Crippen molar-refractivity contribution in [2.24, 2.45) is 0 Å². The van der Waals surface area contributed by atoms with Crippen LogP contribution in [0.5, 0.6) is 0 Å². The van der Waals surface area contributed by atoms with Gasteiger partial charge in [-0.1, -0.05) is 73.5 Å². The molecule has 0 unspecified atom stereocenters. The quantitative estimate of drug-likeness (QED) is 0.0895. The van der Waals surface area contributed by atoms with Crippen molar-refractivity contribution >= 4 is 28.6 Å². The Morgan fingerprint density at radius 2 is 1.39 bits per heavy atom. The number of amides is 1. The van der Waals surface area contributed by atoms with Gasteiger partial charge in [-0.2, -0.15) is 0 Å². The Hall–Kier alpha value is -3.75. The molecule has 0 aliphatic rings. The van der Waals surface area contributed by atoms with Crippen molar-refractivity contribution in [1.29, 1.82) is 0 Å². The van der Waals surface area contributed by atoms with E-state index >= 15 is 0 Å². The molecule has 1 amide bonds. The number of rotatable bonds is 20. The lowest BCUT2D eigenvalue weighted by Gasteiger charge is -2.31. The topological polar surface area (TPSA) is 91.4 Å². The first-order valence-electron chi connectivity index (χ1n) is 17.8. The van der Waals surface area contributed by atoms with E-state index in [-0.39, 0.29) is 19.1 Å². The largest absolute Gasteiger partial charge is 0.464 e. The van der Waals surface area contributed by atoms with E-state index in [0.29, 0.717) is 13.0 Å². The van der Waals surface area contributed by atoms with E-state index in [0.717, 1.165) is 44.9 Å². The van der Waals surface area contributed by atoms with Crippen LogP contribution in [0.25, 0.3) is 10.8 Å². The lowest BCUT2D eigenvalue weighted by molar-refractivity contribution is -0.187. The first kappa shape index (κ1) is 39.7. The number of unbranched alkanes of at least 4 members (excludes halogenated alkanes) is 4. The number of carbonyl (C=O) groups excluding carboxylic acids is 3. The highest BCUT2D eigenvalue weighted by Gasteiger charge is 2.40. The Bertz CT molecular complexity index is 1490. The Balaban J connectivity index is 1.61. The van der Waals surface area contributed by atoms with Gasteiger partial charge in [0.1, 0.15) is 12.2 Å². The van der Waals surface area contributed by atoms with E-state index in [1.54, 1.807) is 39.6 Å². The number of likely N-dealkylation sites (N-methyl/N-ethyl adjacent to an activating group) is 1. The molecule has 3 rings (SSSR count). The molecule has 8 heteroatoms. The minimum absolute atomic E-state index is 0.171. The summed E-state index contributed by atoms with van der Waals surface area (Å²) >= 11 is 0. The van der Waals surface area contributed by atoms with Crippen LogP contribution in [0.2, 0.25) is 0 Å². The van der Waals surface area contributed by atoms with Crippen LogP contribution in [-0.4, -0.2) is 74.0 Å². The van der Waals surface area contributed by atoms with Gasteiger partial charge < -0.3 is 23.8 Å². The van der Waals surface area contributed by atoms with Crippen LogP contribution >= 0.6 is 0 Å². The molecule has 0 aliphatic carbocycles. The number of carbonyl (C=O) groups is 3. The third kappa shape index (κ3) is 13.9. The fourth-order valence-corrected chi connectivity index (χ4v) is 5.64. The number of nitrogens with zero attached hydrogens (tertiary/aromatic N) is 1. The Kier molecular flexibility index (Phi) is 16.2. The maximum absolute atomic E-state index is 13.9. The second-order valence-corrected chi connectivity index (χ2v) is 13.8. The lowest BCUT2D eigenvalue weighted by Crippen LogP contribution is -2.51. The Labute approximate surface area is 293 Å². The van der Waals surface area contributed by atoms with Crippen LogP contribution in [0.4, 0.5) is 0 Å². The molecular weight excluding hydrogens is 618 g/mol. The highest BCUT2D eigenvalue weighted by molar-refractivity contribution is 5.89. The lowest BCUT2D eigenvalue weighted by atomic mass is 10.0. The molecule has 0 saturated carbocycles. The van der Waals surface area contributed by atoms with Crippen LogP contribution < -0.4 is 0 Å². The standard InChI is InChI=1S/C41H57NO7/c1-8-46-36(43)29-48-38(40(45)49-41(4,5)6)37(47-26-16-10-12-17-32-22-21-30(2)31(3)27-32)39(44)42(7)25-15-9-11-18-33-23-24-34-19-13-14-20-35(34)28-33/h13-14,19-24,27-28,37-38H,8-12,15-18,25-26,29H2,1-7H3/t37-,38-/m1/s1. The zero-order chi connectivity index (χ0) is 35.8. The summed E-state index contributed by atoms with van der Waals surface area (Å²) in [5.41, 5.74) is 4.33. The molecule has 0 heterocycles. The molecule has 2 atom stereocenters. The van der Waals surface area contributed by atoms with E-state index in [9.17, 15) is 14.4 Å². The van der Waals surface area contributed by atoms with Gasteiger partial charge in [-0.05, 0) is 113 Å². The minimum Gasteiger partial charge on any atom is -0.464 e. The molecular formula is C41H57NO7. The van der Waals surface area contributed by atoms with Crippen molar-refractivity contribution in [3.8, 4) is 0 Å². The third-order valence-corrected chi connectivity index (χ3v) is 8.47. The average Bonchev–Trinajstić information content (AvgIpc) is 3.05. The number of ether oxygens (including phenoxy) is 4. The molecule has 49 heavy (non-hydrogen) atoms. The van der Waals surface area contributed by atoms with Gasteiger partial charge in [-0.25, -0.2) is 9.59 Å². The van der Waals surface area contributed by atoms with Crippen molar-refractivity contribution in [3.05, 3.63) is 82.9 Å². The first-order valence-corrected chi connectivity index (χ1v) is 17.8. The maximum Gasteiger partial charge on any atom is 0.339 e. The molecule has 0 aromatic heterocycles. The summed E-state index contributed by atoms with van der Waals surface area (Å²) in [5, 5.41) is 2.47. The van der Waals surface area contributed by atoms with Crippen LogP contribution in [0, 0.1) is 13.8 Å². The predicted octanol–water partition coefficient (Wildman–Crippen LogP) is 7.72. The van der Waals surface area contributed by atoms with Crippen LogP contribution in [0.15, 0.2) is 60.7 Å². The summed E-state index contributed by atoms with van der Waals surface area (Å²) in [4.78, 5) is 41.1. The highest BCUT2D eigenvalue weighted by atomic mass is 16.6. The van der Waals surface area contributed by atoms with Gasteiger partial charge in [0.15, 0.2) is 12.2 Å². The van der Waals surface area contributed by atoms with Gasteiger partial charge in [-0.3, -0.25) is 4.79 Å². The average molecular weight is 676 g/mol.